The second-order valence-corrected chi connectivity index (χ2v) is 8.01. The Kier molecular flexibility index (Phi) is 5.38. The van der Waals surface area contributed by atoms with Crippen LogP contribution in [0.3, 0.4) is 0 Å². The number of nitrogens with zero attached hydrogens (tertiary/aromatic N) is 3. The molecule has 0 radical (unpaired) electrons. The third kappa shape index (κ3) is 4.16. The zero-order valence-corrected chi connectivity index (χ0v) is 18.2. The van der Waals surface area contributed by atoms with Gasteiger partial charge in [-0.3, -0.25) is 0 Å². The molecule has 3 nitrogen and oxygen atoms in total. The third-order valence-corrected chi connectivity index (χ3v) is 5.55. The molecule has 0 saturated heterocycles. The maximum Gasteiger partial charge on any atom is 0.164 e. The van der Waals surface area contributed by atoms with Gasteiger partial charge in [-0.1, -0.05) is 113 Å². The van der Waals surface area contributed by atoms with Crippen molar-refractivity contribution in [1.82, 2.24) is 15.0 Å². The van der Waals surface area contributed by atoms with Crippen LogP contribution in [0.5, 0.6) is 0 Å². The molecule has 0 atom stereocenters. The highest BCUT2D eigenvalue weighted by Crippen LogP contribution is 2.32. The van der Waals surface area contributed by atoms with E-state index in [1.807, 2.05) is 84.9 Å². The van der Waals surface area contributed by atoms with Crippen LogP contribution in [0.1, 0.15) is 0 Å². The smallest absolute Gasteiger partial charge is 0.164 e. The van der Waals surface area contributed by atoms with Crippen molar-refractivity contribution in [3.05, 3.63) is 114 Å². The minimum Gasteiger partial charge on any atom is -0.208 e. The van der Waals surface area contributed by atoms with Gasteiger partial charge in [-0.25, -0.2) is 15.0 Å². The second-order valence-electron chi connectivity index (χ2n) is 7.09. The van der Waals surface area contributed by atoms with Gasteiger partial charge in [0, 0.05) is 21.2 Å². The maximum atomic E-state index is 4.88. The lowest BCUT2D eigenvalue weighted by atomic mass is 9.99. The number of aromatic nitrogens is 3. The summed E-state index contributed by atoms with van der Waals surface area (Å²) in [5.41, 5.74) is 5.11. The average molecular weight is 464 g/mol. The van der Waals surface area contributed by atoms with Crippen LogP contribution in [0.2, 0.25) is 0 Å². The topological polar surface area (TPSA) is 38.7 Å². The van der Waals surface area contributed by atoms with Crippen molar-refractivity contribution in [2.75, 3.05) is 0 Å². The Morgan fingerprint density at radius 2 is 0.839 bits per heavy atom. The Bertz CT molecular complexity index is 1320. The van der Waals surface area contributed by atoms with Crippen LogP contribution in [-0.4, -0.2) is 15.0 Å². The highest BCUT2D eigenvalue weighted by molar-refractivity contribution is 9.10. The van der Waals surface area contributed by atoms with Gasteiger partial charge in [0.05, 0.1) is 0 Å². The van der Waals surface area contributed by atoms with E-state index in [4.69, 9.17) is 15.0 Å². The lowest BCUT2D eigenvalue weighted by Gasteiger charge is -2.12. The molecule has 1 heterocycles. The average Bonchev–Trinajstić information content (AvgIpc) is 2.85. The molecule has 0 fully saturated rings. The molecule has 4 aromatic carbocycles. The summed E-state index contributed by atoms with van der Waals surface area (Å²) in [7, 11) is 0. The Balaban J connectivity index is 1.73. The number of benzene rings is 4. The molecular weight excluding hydrogens is 446 g/mol. The van der Waals surface area contributed by atoms with Crippen molar-refractivity contribution < 1.29 is 0 Å². The van der Waals surface area contributed by atoms with Gasteiger partial charge in [-0.15, -0.1) is 0 Å². The molecule has 0 N–H and O–H groups in total. The van der Waals surface area contributed by atoms with E-state index in [9.17, 15) is 0 Å². The molecule has 0 aliphatic rings. The van der Waals surface area contributed by atoms with Gasteiger partial charge in [-0.2, -0.15) is 0 Å². The molecule has 0 unspecified atom stereocenters. The van der Waals surface area contributed by atoms with E-state index in [-0.39, 0.29) is 0 Å². The van der Waals surface area contributed by atoms with Gasteiger partial charge in [-0.05, 0) is 23.3 Å². The number of hydrogen-bond acceptors (Lipinski definition) is 3. The summed E-state index contributed by atoms with van der Waals surface area (Å²) in [6, 6.07) is 36.6. The molecule has 0 saturated carbocycles. The first kappa shape index (κ1) is 19.3. The first-order valence-electron chi connectivity index (χ1n) is 10.0. The maximum absolute atomic E-state index is 4.88. The van der Waals surface area contributed by atoms with Gasteiger partial charge >= 0.3 is 0 Å². The Hall–Kier alpha value is -3.63. The van der Waals surface area contributed by atoms with Crippen LogP contribution < -0.4 is 0 Å². The monoisotopic (exact) mass is 463 g/mol. The Morgan fingerprint density at radius 3 is 1.45 bits per heavy atom. The van der Waals surface area contributed by atoms with Crippen LogP contribution in [0.4, 0.5) is 0 Å². The molecule has 0 bridgehead atoms. The normalized spacial score (nSPS) is 10.7. The largest absolute Gasteiger partial charge is 0.208 e. The van der Waals surface area contributed by atoms with E-state index in [1.54, 1.807) is 0 Å². The van der Waals surface area contributed by atoms with E-state index in [2.05, 4.69) is 40.2 Å². The summed E-state index contributed by atoms with van der Waals surface area (Å²) in [4.78, 5) is 14.5. The zero-order chi connectivity index (χ0) is 21.0. The molecule has 148 valence electrons. The lowest BCUT2D eigenvalue weighted by Crippen LogP contribution is -2.01. The van der Waals surface area contributed by atoms with Crippen LogP contribution in [0.15, 0.2) is 114 Å². The van der Waals surface area contributed by atoms with Crippen molar-refractivity contribution in [3.63, 3.8) is 0 Å². The van der Waals surface area contributed by atoms with Crippen LogP contribution in [0, 0.1) is 0 Å². The SMILES string of the molecule is Brc1ccc(-c2nc(-c3ccccc3)nc(-c3ccccc3-c3ccccc3)n2)cc1. The van der Waals surface area contributed by atoms with E-state index in [1.165, 1.54) is 0 Å². The van der Waals surface area contributed by atoms with Gasteiger partial charge in [0.15, 0.2) is 17.5 Å². The summed E-state index contributed by atoms with van der Waals surface area (Å²) in [6.45, 7) is 0. The predicted octanol–water partition coefficient (Wildman–Crippen LogP) is 7.30. The number of rotatable bonds is 4. The fourth-order valence-electron chi connectivity index (χ4n) is 3.49. The molecule has 0 aliphatic heterocycles. The minimum absolute atomic E-state index is 0.652. The van der Waals surface area contributed by atoms with E-state index in [0.29, 0.717) is 17.5 Å². The molecular formula is C27H18BrN3. The summed E-state index contributed by atoms with van der Waals surface area (Å²) in [5.74, 6) is 1.97. The second kappa shape index (κ2) is 8.62. The summed E-state index contributed by atoms with van der Waals surface area (Å²) in [6.07, 6.45) is 0. The van der Waals surface area contributed by atoms with E-state index < -0.39 is 0 Å². The summed E-state index contributed by atoms with van der Waals surface area (Å²) in [5, 5.41) is 0. The van der Waals surface area contributed by atoms with Gasteiger partial charge < -0.3 is 0 Å². The van der Waals surface area contributed by atoms with Gasteiger partial charge in [0.1, 0.15) is 0 Å². The number of halogens is 1. The summed E-state index contributed by atoms with van der Waals surface area (Å²) < 4.78 is 1.02. The van der Waals surface area contributed by atoms with Crippen molar-refractivity contribution in [3.8, 4) is 45.3 Å². The van der Waals surface area contributed by atoms with Crippen LogP contribution in [0.25, 0.3) is 45.3 Å². The van der Waals surface area contributed by atoms with Crippen molar-refractivity contribution >= 4 is 15.9 Å². The molecule has 0 aliphatic carbocycles. The van der Waals surface area contributed by atoms with Crippen molar-refractivity contribution in [2.45, 2.75) is 0 Å². The van der Waals surface area contributed by atoms with Crippen molar-refractivity contribution in [1.29, 1.82) is 0 Å². The quantitative estimate of drug-likeness (QED) is 0.280. The fraction of sp³-hybridized carbons (Fsp3) is 0. The molecule has 31 heavy (non-hydrogen) atoms. The van der Waals surface area contributed by atoms with E-state index >= 15 is 0 Å². The van der Waals surface area contributed by atoms with Crippen molar-refractivity contribution in [2.24, 2.45) is 0 Å². The summed E-state index contributed by atoms with van der Waals surface area (Å²) >= 11 is 3.50. The fourth-order valence-corrected chi connectivity index (χ4v) is 3.75. The molecule has 0 amide bonds. The minimum atomic E-state index is 0.652. The molecule has 5 aromatic rings. The Morgan fingerprint density at radius 1 is 0.387 bits per heavy atom. The third-order valence-electron chi connectivity index (χ3n) is 5.02. The van der Waals surface area contributed by atoms with Crippen LogP contribution in [-0.2, 0) is 0 Å². The lowest BCUT2D eigenvalue weighted by molar-refractivity contribution is 1.07. The molecule has 0 spiro atoms. The first-order valence-corrected chi connectivity index (χ1v) is 10.8. The highest BCUT2D eigenvalue weighted by Gasteiger charge is 2.15. The zero-order valence-electron chi connectivity index (χ0n) is 16.6. The van der Waals surface area contributed by atoms with Gasteiger partial charge in [0.25, 0.3) is 0 Å². The first-order chi connectivity index (χ1) is 15.3. The predicted molar refractivity (Wildman–Crippen MR) is 129 cm³/mol. The molecule has 5 rings (SSSR count). The molecule has 1 aromatic heterocycles. The Labute approximate surface area is 189 Å². The van der Waals surface area contributed by atoms with Gasteiger partial charge in [0.2, 0.25) is 0 Å². The van der Waals surface area contributed by atoms with Crippen LogP contribution >= 0.6 is 15.9 Å². The standard InChI is InChI=1S/C27H18BrN3/c28-22-17-15-21(16-18-22)26-29-25(20-11-5-2-6-12-20)30-27(31-26)24-14-8-7-13-23(24)19-9-3-1-4-10-19/h1-18H. The number of hydrogen-bond donors (Lipinski definition) is 0. The molecule has 4 heteroatoms. The van der Waals surface area contributed by atoms with E-state index in [0.717, 1.165) is 32.3 Å². The highest BCUT2D eigenvalue weighted by atomic mass is 79.9.